The van der Waals surface area contributed by atoms with Crippen molar-refractivity contribution in [3.63, 3.8) is 0 Å². The van der Waals surface area contributed by atoms with Crippen molar-refractivity contribution < 1.29 is 23.8 Å². The third-order valence-electron chi connectivity index (χ3n) is 5.41. The SMILES string of the molecule is CCOc1ccc(/C(O)=C2/C(=O)C(=O)N(c3ccc(F)cc3)C2c2ccccc2)cc1C. The van der Waals surface area contributed by atoms with Gasteiger partial charge < -0.3 is 9.84 Å². The molecular weight excluding hydrogens is 409 g/mol. The predicted octanol–water partition coefficient (Wildman–Crippen LogP) is 5.16. The minimum absolute atomic E-state index is 0.0194. The quantitative estimate of drug-likeness (QED) is 0.344. The zero-order chi connectivity index (χ0) is 22.8. The number of aliphatic hydroxyl groups is 1. The molecule has 3 aromatic rings. The highest BCUT2D eigenvalue weighted by Crippen LogP contribution is 2.42. The van der Waals surface area contributed by atoms with Crippen LogP contribution in [0.3, 0.4) is 0 Å². The standard InChI is InChI=1S/C26H22FNO4/c1-3-32-21-14-9-18(15-16(21)2)24(29)22-23(17-7-5-4-6-8-17)28(26(31)25(22)30)20-12-10-19(27)11-13-20/h4-15,23,29H,3H2,1-2H3/b24-22-. The van der Waals surface area contributed by atoms with Gasteiger partial charge in [-0.25, -0.2) is 4.39 Å². The fourth-order valence-corrected chi connectivity index (χ4v) is 3.92. The topological polar surface area (TPSA) is 66.8 Å². The number of carbonyl (C=O) groups excluding carboxylic acids is 2. The molecule has 1 amide bonds. The lowest BCUT2D eigenvalue weighted by Crippen LogP contribution is -2.29. The molecule has 1 unspecified atom stereocenters. The molecule has 1 atom stereocenters. The fraction of sp³-hybridized carbons (Fsp3) is 0.154. The maximum absolute atomic E-state index is 13.5. The molecule has 6 heteroatoms. The van der Waals surface area contributed by atoms with Crippen molar-refractivity contribution >= 4 is 23.1 Å². The second-order valence-electron chi connectivity index (χ2n) is 7.47. The molecule has 0 bridgehead atoms. The fourth-order valence-electron chi connectivity index (χ4n) is 3.92. The van der Waals surface area contributed by atoms with Crippen molar-refractivity contribution in [3.8, 4) is 5.75 Å². The van der Waals surface area contributed by atoms with Crippen LogP contribution in [-0.2, 0) is 9.59 Å². The van der Waals surface area contributed by atoms with E-state index in [1.807, 2.05) is 19.9 Å². The summed E-state index contributed by atoms with van der Waals surface area (Å²) in [5, 5.41) is 11.2. The number of hydrogen-bond donors (Lipinski definition) is 1. The van der Waals surface area contributed by atoms with Gasteiger partial charge in [-0.05, 0) is 67.4 Å². The lowest BCUT2D eigenvalue weighted by molar-refractivity contribution is -0.132. The molecule has 3 aromatic carbocycles. The zero-order valence-electron chi connectivity index (χ0n) is 17.7. The minimum atomic E-state index is -0.853. The predicted molar refractivity (Wildman–Crippen MR) is 120 cm³/mol. The summed E-state index contributed by atoms with van der Waals surface area (Å²) in [5.41, 5.74) is 2.20. The van der Waals surface area contributed by atoms with Crippen LogP contribution in [0.25, 0.3) is 5.76 Å². The Kier molecular flexibility index (Phi) is 5.77. The van der Waals surface area contributed by atoms with Crippen LogP contribution in [-0.4, -0.2) is 23.4 Å². The van der Waals surface area contributed by atoms with Crippen molar-refractivity contribution in [2.45, 2.75) is 19.9 Å². The molecule has 1 N–H and O–H groups in total. The number of aliphatic hydroxyl groups excluding tert-OH is 1. The Morgan fingerprint density at radius 2 is 1.72 bits per heavy atom. The summed E-state index contributed by atoms with van der Waals surface area (Å²) in [7, 11) is 0. The van der Waals surface area contributed by atoms with Gasteiger partial charge in [-0.1, -0.05) is 30.3 Å². The number of amides is 1. The Morgan fingerprint density at radius 1 is 1.03 bits per heavy atom. The molecule has 0 aromatic heterocycles. The second-order valence-corrected chi connectivity index (χ2v) is 7.47. The van der Waals surface area contributed by atoms with E-state index >= 15 is 0 Å². The zero-order valence-corrected chi connectivity index (χ0v) is 17.7. The normalized spacial score (nSPS) is 17.6. The third-order valence-corrected chi connectivity index (χ3v) is 5.41. The van der Waals surface area contributed by atoms with E-state index in [9.17, 15) is 19.1 Å². The number of carbonyl (C=O) groups is 2. The van der Waals surface area contributed by atoms with Crippen LogP contribution in [0.2, 0.25) is 0 Å². The van der Waals surface area contributed by atoms with Crippen LogP contribution >= 0.6 is 0 Å². The van der Waals surface area contributed by atoms with Gasteiger partial charge in [0.2, 0.25) is 0 Å². The van der Waals surface area contributed by atoms with E-state index in [0.29, 0.717) is 29.2 Å². The van der Waals surface area contributed by atoms with Crippen molar-refractivity contribution in [2.24, 2.45) is 0 Å². The van der Waals surface area contributed by atoms with E-state index in [4.69, 9.17) is 4.74 Å². The van der Waals surface area contributed by atoms with E-state index in [1.54, 1.807) is 42.5 Å². The molecule has 0 spiro atoms. The number of nitrogens with zero attached hydrogens (tertiary/aromatic N) is 1. The van der Waals surface area contributed by atoms with Gasteiger partial charge in [0, 0.05) is 11.3 Å². The van der Waals surface area contributed by atoms with Gasteiger partial charge in [0.15, 0.2) is 0 Å². The van der Waals surface area contributed by atoms with E-state index in [2.05, 4.69) is 0 Å². The van der Waals surface area contributed by atoms with E-state index in [-0.39, 0.29) is 11.3 Å². The number of ketones is 1. The van der Waals surface area contributed by atoms with Crippen molar-refractivity contribution in [1.82, 2.24) is 0 Å². The molecule has 0 radical (unpaired) electrons. The second kappa shape index (κ2) is 8.67. The summed E-state index contributed by atoms with van der Waals surface area (Å²) < 4.78 is 19.0. The highest BCUT2D eigenvalue weighted by molar-refractivity contribution is 6.51. The number of anilines is 1. The molecule has 1 heterocycles. The Bertz CT molecular complexity index is 1200. The third kappa shape index (κ3) is 3.75. The maximum Gasteiger partial charge on any atom is 0.300 e. The molecule has 5 nitrogen and oxygen atoms in total. The largest absolute Gasteiger partial charge is 0.507 e. The van der Waals surface area contributed by atoms with Crippen molar-refractivity contribution in [2.75, 3.05) is 11.5 Å². The molecular formula is C26H22FNO4. The molecule has 32 heavy (non-hydrogen) atoms. The summed E-state index contributed by atoms with van der Waals surface area (Å²) in [6.07, 6.45) is 0. The number of rotatable bonds is 5. The first-order valence-electron chi connectivity index (χ1n) is 10.3. The van der Waals surface area contributed by atoms with Crippen LogP contribution in [0.4, 0.5) is 10.1 Å². The highest BCUT2D eigenvalue weighted by Gasteiger charge is 2.46. The van der Waals surface area contributed by atoms with Crippen molar-refractivity contribution in [3.05, 3.63) is 101 Å². The van der Waals surface area contributed by atoms with Gasteiger partial charge in [-0.2, -0.15) is 0 Å². The first-order chi connectivity index (χ1) is 15.4. The molecule has 162 valence electrons. The van der Waals surface area contributed by atoms with Crippen molar-refractivity contribution in [1.29, 1.82) is 0 Å². The molecule has 1 fully saturated rings. The Balaban J connectivity index is 1.89. The molecule has 1 aliphatic rings. The van der Waals surface area contributed by atoms with Gasteiger partial charge in [-0.3, -0.25) is 14.5 Å². The number of halogens is 1. The number of Topliss-reactive ketones (excluding diaryl/α,β-unsaturated/α-hetero) is 1. The Morgan fingerprint density at radius 3 is 2.34 bits per heavy atom. The van der Waals surface area contributed by atoms with E-state index in [0.717, 1.165) is 5.56 Å². The number of benzene rings is 3. The van der Waals surface area contributed by atoms with Crippen LogP contribution in [0.1, 0.15) is 29.7 Å². The summed E-state index contributed by atoms with van der Waals surface area (Å²) >= 11 is 0. The minimum Gasteiger partial charge on any atom is -0.507 e. The van der Waals surface area contributed by atoms with Crippen LogP contribution in [0, 0.1) is 12.7 Å². The Labute approximate surface area is 185 Å². The van der Waals surface area contributed by atoms with Gasteiger partial charge in [-0.15, -0.1) is 0 Å². The van der Waals surface area contributed by atoms with Gasteiger partial charge in [0.05, 0.1) is 18.2 Å². The van der Waals surface area contributed by atoms with Crippen LogP contribution in [0.5, 0.6) is 5.75 Å². The number of aryl methyl sites for hydroxylation is 1. The van der Waals surface area contributed by atoms with E-state index < -0.39 is 23.5 Å². The summed E-state index contributed by atoms with van der Waals surface area (Å²) in [4.78, 5) is 27.4. The number of ether oxygens (including phenoxy) is 1. The Hall–Kier alpha value is -3.93. The van der Waals surface area contributed by atoms with Gasteiger partial charge in [0.1, 0.15) is 17.3 Å². The molecule has 0 saturated carbocycles. The maximum atomic E-state index is 13.5. The summed E-state index contributed by atoms with van der Waals surface area (Å²) in [6, 6.07) is 18.6. The summed E-state index contributed by atoms with van der Waals surface area (Å²) in [6.45, 7) is 4.22. The molecule has 4 rings (SSSR count). The first kappa shape index (κ1) is 21.3. The number of hydrogen-bond acceptors (Lipinski definition) is 4. The summed E-state index contributed by atoms with van der Waals surface area (Å²) in [5.74, 6) is -1.63. The molecule has 1 aliphatic heterocycles. The average Bonchev–Trinajstić information content (AvgIpc) is 3.06. The van der Waals surface area contributed by atoms with Crippen LogP contribution < -0.4 is 9.64 Å². The molecule has 1 saturated heterocycles. The highest BCUT2D eigenvalue weighted by atomic mass is 19.1. The average molecular weight is 431 g/mol. The monoisotopic (exact) mass is 431 g/mol. The molecule has 0 aliphatic carbocycles. The lowest BCUT2D eigenvalue weighted by Gasteiger charge is -2.25. The van der Waals surface area contributed by atoms with Gasteiger partial charge >= 0.3 is 0 Å². The lowest BCUT2D eigenvalue weighted by atomic mass is 9.94. The first-order valence-corrected chi connectivity index (χ1v) is 10.3. The van der Waals surface area contributed by atoms with Gasteiger partial charge in [0.25, 0.3) is 11.7 Å². The smallest absolute Gasteiger partial charge is 0.300 e. The van der Waals surface area contributed by atoms with E-state index in [1.165, 1.54) is 29.2 Å². The van der Waals surface area contributed by atoms with Crippen LogP contribution in [0.15, 0.2) is 78.4 Å².